The van der Waals surface area contributed by atoms with E-state index in [0.29, 0.717) is 26.4 Å². The summed E-state index contributed by atoms with van der Waals surface area (Å²) in [4.78, 5) is 15.4. The molecule has 0 fully saturated rings. The molecule has 2 rings (SSSR count). The van der Waals surface area contributed by atoms with Crippen molar-refractivity contribution in [2.75, 3.05) is 11.1 Å². The third-order valence-corrected chi connectivity index (χ3v) is 3.47. The molecule has 104 valence electrons. The van der Waals surface area contributed by atoms with Gasteiger partial charge in [0.1, 0.15) is 5.82 Å². The summed E-state index contributed by atoms with van der Waals surface area (Å²) in [5.41, 5.74) is 11.8. The molecular formula is C12H9Cl3N4O. The Balaban J connectivity index is 2.45. The lowest BCUT2D eigenvalue weighted by atomic mass is 10.2. The molecule has 5 N–H and O–H groups in total. The number of carbonyl (C=O) groups is 1. The lowest BCUT2D eigenvalue weighted by molar-refractivity contribution is 0.100. The number of nitrogens with two attached hydrogens (primary N) is 2. The number of primary amides is 1. The Hall–Kier alpha value is -1.69. The summed E-state index contributed by atoms with van der Waals surface area (Å²) in [7, 11) is 0. The van der Waals surface area contributed by atoms with Gasteiger partial charge in [-0.2, -0.15) is 0 Å². The van der Waals surface area contributed by atoms with Crippen LogP contribution in [0.3, 0.4) is 0 Å². The second-order valence-electron chi connectivity index (χ2n) is 3.90. The second-order valence-corrected chi connectivity index (χ2v) is 5.12. The molecule has 0 saturated heterocycles. The van der Waals surface area contributed by atoms with Crippen LogP contribution in [-0.4, -0.2) is 10.9 Å². The smallest absolute Gasteiger partial charge is 0.252 e. The molecule has 1 aromatic carbocycles. The molecule has 2 aromatic rings. The largest absolute Gasteiger partial charge is 0.397 e. The van der Waals surface area contributed by atoms with E-state index < -0.39 is 5.91 Å². The van der Waals surface area contributed by atoms with Crippen molar-refractivity contribution in [2.45, 2.75) is 0 Å². The van der Waals surface area contributed by atoms with Crippen molar-refractivity contribution in [2.24, 2.45) is 5.73 Å². The highest BCUT2D eigenvalue weighted by Gasteiger charge is 2.13. The normalized spacial score (nSPS) is 10.3. The minimum Gasteiger partial charge on any atom is -0.397 e. The summed E-state index contributed by atoms with van der Waals surface area (Å²) >= 11 is 17.8. The van der Waals surface area contributed by atoms with Gasteiger partial charge in [-0.1, -0.05) is 34.8 Å². The summed E-state index contributed by atoms with van der Waals surface area (Å²) in [6, 6.07) is 4.42. The number of hydrogen-bond donors (Lipinski definition) is 3. The van der Waals surface area contributed by atoms with E-state index in [0.717, 1.165) is 0 Å². The predicted octanol–water partition coefficient (Wildman–Crippen LogP) is 3.47. The SMILES string of the molecule is NC(=O)c1cc(N)cnc1Nc1cc(Cl)c(Cl)cc1Cl. The number of amides is 1. The van der Waals surface area contributed by atoms with Crippen LogP contribution in [-0.2, 0) is 0 Å². The number of benzene rings is 1. The Kier molecular flexibility index (Phi) is 4.23. The molecule has 0 bridgehead atoms. The van der Waals surface area contributed by atoms with Crippen LogP contribution < -0.4 is 16.8 Å². The minimum atomic E-state index is -0.663. The topological polar surface area (TPSA) is 94.0 Å². The fourth-order valence-corrected chi connectivity index (χ4v) is 2.11. The maximum absolute atomic E-state index is 11.4. The summed E-state index contributed by atoms with van der Waals surface area (Å²) in [6.45, 7) is 0. The van der Waals surface area contributed by atoms with Gasteiger partial charge in [-0.15, -0.1) is 0 Å². The number of nitrogens with zero attached hydrogens (tertiary/aromatic N) is 1. The van der Waals surface area contributed by atoms with Gasteiger partial charge >= 0.3 is 0 Å². The Labute approximate surface area is 129 Å². The van der Waals surface area contributed by atoms with Crippen molar-refractivity contribution in [3.8, 4) is 0 Å². The van der Waals surface area contributed by atoms with E-state index in [1.165, 1.54) is 24.4 Å². The maximum atomic E-state index is 11.4. The highest BCUT2D eigenvalue weighted by atomic mass is 35.5. The van der Waals surface area contributed by atoms with Crippen molar-refractivity contribution in [1.82, 2.24) is 4.98 Å². The summed E-state index contributed by atoms with van der Waals surface area (Å²) in [6.07, 6.45) is 1.39. The first-order valence-corrected chi connectivity index (χ1v) is 6.48. The van der Waals surface area contributed by atoms with E-state index in [-0.39, 0.29) is 11.4 Å². The van der Waals surface area contributed by atoms with E-state index in [2.05, 4.69) is 10.3 Å². The van der Waals surface area contributed by atoms with Gasteiger partial charge in [-0.3, -0.25) is 4.79 Å². The van der Waals surface area contributed by atoms with Gasteiger partial charge in [-0.25, -0.2) is 4.98 Å². The molecule has 0 aliphatic carbocycles. The van der Waals surface area contributed by atoms with Crippen molar-refractivity contribution in [1.29, 1.82) is 0 Å². The van der Waals surface area contributed by atoms with Gasteiger partial charge in [0, 0.05) is 0 Å². The lowest BCUT2D eigenvalue weighted by Gasteiger charge is -2.12. The van der Waals surface area contributed by atoms with Crippen molar-refractivity contribution in [3.05, 3.63) is 45.0 Å². The first kappa shape index (κ1) is 14.7. The van der Waals surface area contributed by atoms with Crippen LogP contribution in [0.1, 0.15) is 10.4 Å². The average Bonchev–Trinajstić information content (AvgIpc) is 2.37. The van der Waals surface area contributed by atoms with Gasteiger partial charge in [0.25, 0.3) is 5.91 Å². The van der Waals surface area contributed by atoms with E-state index in [1.54, 1.807) is 0 Å². The number of halogens is 3. The molecule has 0 aliphatic heterocycles. The molecule has 1 heterocycles. The van der Waals surface area contributed by atoms with E-state index in [1.807, 2.05) is 0 Å². The Morgan fingerprint density at radius 1 is 1.10 bits per heavy atom. The van der Waals surface area contributed by atoms with Crippen LogP contribution in [0, 0.1) is 0 Å². The number of nitrogens with one attached hydrogen (secondary N) is 1. The van der Waals surface area contributed by atoms with Crippen LogP contribution in [0.2, 0.25) is 15.1 Å². The van der Waals surface area contributed by atoms with Crippen molar-refractivity contribution >= 4 is 57.9 Å². The molecule has 1 aromatic heterocycles. The first-order chi connectivity index (χ1) is 9.38. The average molecular weight is 332 g/mol. The first-order valence-electron chi connectivity index (χ1n) is 5.35. The van der Waals surface area contributed by atoms with E-state index >= 15 is 0 Å². The molecular weight excluding hydrogens is 323 g/mol. The molecule has 0 spiro atoms. The third-order valence-electron chi connectivity index (χ3n) is 2.44. The van der Waals surface area contributed by atoms with Crippen molar-refractivity contribution < 1.29 is 4.79 Å². The summed E-state index contributed by atoms with van der Waals surface area (Å²) < 4.78 is 0. The second kappa shape index (κ2) is 5.75. The quantitative estimate of drug-likeness (QED) is 0.751. The zero-order valence-electron chi connectivity index (χ0n) is 9.95. The standard InChI is InChI=1S/C12H9Cl3N4O/c13-7-2-9(15)10(3-8(7)14)19-12-6(11(17)20)1-5(16)4-18-12/h1-4H,16H2,(H2,17,20)(H,18,19). The number of anilines is 3. The van der Waals surface area contributed by atoms with E-state index in [9.17, 15) is 4.79 Å². The molecule has 20 heavy (non-hydrogen) atoms. The number of pyridine rings is 1. The zero-order valence-corrected chi connectivity index (χ0v) is 12.2. The van der Waals surface area contributed by atoms with Gasteiger partial charge in [0.15, 0.2) is 0 Å². The number of rotatable bonds is 3. The number of aromatic nitrogens is 1. The molecule has 5 nitrogen and oxygen atoms in total. The van der Waals surface area contributed by atoms with Gasteiger partial charge in [0.05, 0.1) is 38.2 Å². The van der Waals surface area contributed by atoms with E-state index in [4.69, 9.17) is 46.3 Å². The Morgan fingerprint density at radius 3 is 2.40 bits per heavy atom. The monoisotopic (exact) mass is 330 g/mol. The van der Waals surface area contributed by atoms with Crippen LogP contribution in [0.5, 0.6) is 0 Å². The molecule has 8 heteroatoms. The molecule has 0 saturated carbocycles. The number of hydrogen-bond acceptors (Lipinski definition) is 4. The number of nitrogen functional groups attached to an aromatic ring is 1. The Morgan fingerprint density at radius 2 is 1.75 bits per heavy atom. The minimum absolute atomic E-state index is 0.145. The fraction of sp³-hybridized carbons (Fsp3) is 0. The van der Waals surface area contributed by atoms with Crippen LogP contribution in [0.4, 0.5) is 17.2 Å². The van der Waals surface area contributed by atoms with Gasteiger partial charge in [0.2, 0.25) is 0 Å². The van der Waals surface area contributed by atoms with Crippen LogP contribution in [0.25, 0.3) is 0 Å². The lowest BCUT2D eigenvalue weighted by Crippen LogP contribution is -2.15. The predicted molar refractivity (Wildman–Crippen MR) is 81.9 cm³/mol. The fourth-order valence-electron chi connectivity index (χ4n) is 1.51. The molecule has 0 radical (unpaired) electrons. The molecule has 0 aliphatic rings. The zero-order chi connectivity index (χ0) is 14.9. The van der Waals surface area contributed by atoms with Crippen molar-refractivity contribution in [3.63, 3.8) is 0 Å². The third kappa shape index (κ3) is 3.07. The number of carbonyl (C=O) groups excluding carboxylic acids is 1. The highest BCUT2D eigenvalue weighted by Crippen LogP contribution is 2.34. The van der Waals surface area contributed by atoms with Crippen LogP contribution >= 0.6 is 34.8 Å². The molecule has 0 unspecified atom stereocenters. The van der Waals surface area contributed by atoms with Gasteiger partial charge < -0.3 is 16.8 Å². The maximum Gasteiger partial charge on any atom is 0.252 e. The molecule has 1 amide bonds. The van der Waals surface area contributed by atoms with Gasteiger partial charge in [-0.05, 0) is 18.2 Å². The summed E-state index contributed by atoms with van der Waals surface area (Å²) in [5.74, 6) is -0.435. The Bertz CT molecular complexity index is 691. The molecule has 0 atom stereocenters. The summed E-state index contributed by atoms with van der Waals surface area (Å²) in [5, 5.41) is 3.84. The van der Waals surface area contributed by atoms with Crippen LogP contribution in [0.15, 0.2) is 24.4 Å². The highest BCUT2D eigenvalue weighted by molar-refractivity contribution is 6.44.